The number of carbonyl (C=O) groups excluding carboxylic acids is 5. The third-order valence-electron chi connectivity index (χ3n) is 13.8. The van der Waals surface area contributed by atoms with E-state index in [-0.39, 0.29) is 102 Å². The zero-order chi connectivity index (χ0) is 57.6. The second-order valence-corrected chi connectivity index (χ2v) is 19.8. The largest absolute Gasteiger partial charge is 0.508 e. The second-order valence-electron chi connectivity index (χ2n) is 19.4. The van der Waals surface area contributed by atoms with E-state index in [0.717, 1.165) is 58.5 Å². The molecule has 0 amide bonds. The van der Waals surface area contributed by atoms with Gasteiger partial charge < -0.3 is 31.7 Å². The molecule has 0 spiro atoms. The average Bonchev–Trinajstić information content (AvgIpc) is 4.03. The van der Waals surface area contributed by atoms with E-state index in [1.54, 1.807) is 92.7 Å². The van der Waals surface area contributed by atoms with E-state index in [2.05, 4.69) is 66.9 Å². The smallest absolute Gasteiger partial charge is 0.149 e. The highest BCUT2D eigenvalue weighted by atomic mass is 35.5. The number of phenolic OH excluding ortho intramolecular Hbond substituents is 1. The lowest BCUT2D eigenvalue weighted by atomic mass is 9.83. The number of hydrogen-bond donors (Lipinski definition) is 6. The Morgan fingerprint density at radius 3 is 1.49 bits per heavy atom. The van der Waals surface area contributed by atoms with Gasteiger partial charge in [-0.15, -0.1) is 0 Å². The normalized spacial score (nSPS) is 12.7. The maximum atomic E-state index is 11.9. The third kappa shape index (κ3) is 27.9. The average molecular weight is 1160 g/mol. The van der Waals surface area contributed by atoms with Crippen LogP contribution in [0.15, 0.2) is 158 Å². The first-order valence-electron chi connectivity index (χ1n) is 26.3. The number of Topliss-reactive ketones (excluding diaryl/α,β-unsaturated/α-hetero) is 5. The zero-order valence-corrected chi connectivity index (χ0v) is 48.2. The van der Waals surface area contributed by atoms with E-state index in [4.69, 9.17) is 16.7 Å². The Morgan fingerprint density at radius 2 is 1.07 bits per heavy atom. The number of aryl methyl sites for hydroxylation is 1. The molecule has 5 atom stereocenters. The molecule has 7 rings (SSSR count). The Labute approximate surface area is 505 Å². The summed E-state index contributed by atoms with van der Waals surface area (Å²) in [6, 6.07) is 40.6. The van der Waals surface area contributed by atoms with Gasteiger partial charge in [-0.3, -0.25) is 33.9 Å². The van der Waals surface area contributed by atoms with Crippen molar-refractivity contribution in [1.29, 1.82) is 0 Å². The van der Waals surface area contributed by atoms with E-state index in [0.29, 0.717) is 12.8 Å². The number of likely N-dealkylation sites (N-methyl/N-ethyl adjacent to an activating group) is 5. The molecule has 6 N–H and O–H groups in total. The van der Waals surface area contributed by atoms with E-state index in [1.165, 1.54) is 16.7 Å². The van der Waals surface area contributed by atoms with Crippen LogP contribution in [0.3, 0.4) is 0 Å². The summed E-state index contributed by atoms with van der Waals surface area (Å²) in [5.74, 6) is 1.12. The van der Waals surface area contributed by atoms with Crippen molar-refractivity contribution in [3.05, 3.63) is 202 Å². The van der Waals surface area contributed by atoms with Crippen molar-refractivity contribution in [2.45, 2.75) is 153 Å². The van der Waals surface area contributed by atoms with Crippen LogP contribution in [0.2, 0.25) is 5.02 Å². The summed E-state index contributed by atoms with van der Waals surface area (Å²) >= 11 is 5.99. The minimum atomic E-state index is -0.493. The molecule has 0 radical (unpaired) electrons. The minimum absolute atomic E-state index is 0. The van der Waals surface area contributed by atoms with Crippen molar-refractivity contribution < 1.29 is 29.1 Å². The second kappa shape index (κ2) is 42.9. The van der Waals surface area contributed by atoms with Crippen LogP contribution in [0.5, 0.6) is 5.75 Å². The topological polar surface area (TPSA) is 192 Å². The lowest BCUT2D eigenvalue weighted by Gasteiger charge is -2.27. The van der Waals surface area contributed by atoms with Crippen molar-refractivity contribution in [1.82, 2.24) is 36.6 Å². The number of nitrogens with zero attached hydrogens (tertiary/aromatic N) is 2. The summed E-state index contributed by atoms with van der Waals surface area (Å²) < 4.78 is 0. The van der Waals surface area contributed by atoms with Crippen molar-refractivity contribution >= 4 is 46.1 Å². The van der Waals surface area contributed by atoms with Crippen molar-refractivity contribution in [2.24, 2.45) is 0 Å². The molecular formula is C69H102ClN7O6. The van der Waals surface area contributed by atoms with Crippen molar-refractivity contribution in [3.63, 3.8) is 0 Å². The molecule has 2 heterocycles. The van der Waals surface area contributed by atoms with Crippen LogP contribution in [0.4, 0.5) is 0 Å². The van der Waals surface area contributed by atoms with Gasteiger partial charge in [0.2, 0.25) is 0 Å². The molecule has 0 fully saturated rings. The fraction of sp³-hybridized carbons (Fsp3) is 0.406. The van der Waals surface area contributed by atoms with Gasteiger partial charge in [0.1, 0.15) is 34.7 Å². The molecule has 1 aliphatic carbocycles. The molecule has 14 heteroatoms. The summed E-state index contributed by atoms with van der Waals surface area (Å²) in [5, 5.41) is 25.1. The third-order valence-corrected chi connectivity index (χ3v) is 14.0. The maximum Gasteiger partial charge on any atom is 0.149 e. The lowest BCUT2D eigenvalue weighted by molar-refractivity contribution is -0.122. The predicted octanol–water partition coefficient (Wildman–Crippen LogP) is 12.5. The van der Waals surface area contributed by atoms with Gasteiger partial charge in [0.15, 0.2) is 0 Å². The number of carbonyl (C=O) groups is 5. The molecule has 0 unspecified atom stereocenters. The number of pyridine rings is 2. The standard InChI is InChI=1S/C17H19NO.C15H18ClNO.C12H17NO2.2C10H14N2O.5CH4/c1-13(19)17(18-2)16(14-9-5-3-6-10-14)15-11-7-4-8-12-15;1-10(18)15(2,17-3)9-12-5-4-11-8-13(16)6-7-14(11)12;1-9(14)12(13-2)8-5-10-3-6-11(15)7-4-10;1-8(13)10(11-2)7-9-3-5-12-6-4-9;1-8(13)10(11-2)6-9-4-3-5-12-7-9;;;;;/h3-12,16-18H,1-2H3;5-8,17H,4,9H2,1-3H3;3-4,6-7,12-13,15H,5,8H2,1-2H3;3-6,10-11H,7H2,1-2H3;3-5,7,10-11H,6H2,1-2H3;5*1H4/t17-;15-;12-;2*10-;;;;;/m10000...../s1. The predicted molar refractivity (Wildman–Crippen MR) is 351 cm³/mol. The van der Waals surface area contributed by atoms with Crippen LogP contribution >= 0.6 is 11.6 Å². The van der Waals surface area contributed by atoms with Crippen LogP contribution in [-0.2, 0) is 49.7 Å². The molecule has 0 bridgehead atoms. The number of aromatic nitrogens is 2. The summed E-state index contributed by atoms with van der Waals surface area (Å²) in [6.07, 6.45) is 13.9. The number of ketones is 5. The van der Waals surface area contributed by atoms with Gasteiger partial charge in [-0.1, -0.05) is 140 Å². The Morgan fingerprint density at radius 1 is 0.566 bits per heavy atom. The molecule has 0 saturated carbocycles. The molecule has 4 aromatic carbocycles. The highest BCUT2D eigenvalue weighted by Gasteiger charge is 2.31. The number of aromatic hydroxyl groups is 1. The van der Waals surface area contributed by atoms with E-state index in [9.17, 15) is 24.0 Å². The van der Waals surface area contributed by atoms with Crippen LogP contribution in [0.1, 0.15) is 136 Å². The Bertz CT molecular complexity index is 2690. The van der Waals surface area contributed by atoms with Gasteiger partial charge in [-0.05, 0) is 202 Å². The molecule has 6 aromatic rings. The fourth-order valence-electron chi connectivity index (χ4n) is 8.76. The zero-order valence-electron chi connectivity index (χ0n) is 47.4. The molecule has 1 aliphatic rings. The van der Waals surface area contributed by atoms with Crippen LogP contribution in [-0.4, -0.2) is 109 Å². The van der Waals surface area contributed by atoms with Crippen molar-refractivity contribution in [2.75, 3.05) is 35.2 Å². The summed E-state index contributed by atoms with van der Waals surface area (Å²) in [4.78, 5) is 64.9. The fourth-order valence-corrected chi connectivity index (χ4v) is 8.95. The van der Waals surface area contributed by atoms with Gasteiger partial charge in [-0.2, -0.15) is 0 Å². The number of allylic oxidation sites excluding steroid dienone is 1. The number of benzene rings is 4. The number of nitrogens with one attached hydrogen (secondary N) is 5. The monoisotopic (exact) mass is 1160 g/mol. The molecule has 2 aromatic heterocycles. The van der Waals surface area contributed by atoms with Crippen LogP contribution in [0.25, 0.3) is 5.57 Å². The number of hydrogen-bond acceptors (Lipinski definition) is 13. The molecule has 456 valence electrons. The Hall–Kier alpha value is -6.84. The van der Waals surface area contributed by atoms with Crippen LogP contribution in [0, 0.1) is 0 Å². The number of rotatable bonds is 22. The van der Waals surface area contributed by atoms with Gasteiger partial charge in [0.05, 0.1) is 29.7 Å². The Kier molecular flexibility index (Phi) is 41.5. The SMILES string of the molecule is C.C.C.C.C.CN[C@@H](CCc1ccc(O)cc1)C(C)=O.CN[C@@H](Cc1cccnc1)C(C)=O.CN[C@@H](Cc1ccncc1)C(C)=O.CN[C@@](C)(CC1=CCc2cc(Cl)ccc21)C(C)=O.CN[C@H](C(C)=O)C(c1ccccc1)c1ccccc1. The molecule has 0 aliphatic heterocycles. The van der Waals surface area contributed by atoms with Gasteiger partial charge >= 0.3 is 0 Å². The minimum Gasteiger partial charge on any atom is -0.508 e. The van der Waals surface area contributed by atoms with Gasteiger partial charge in [0.25, 0.3) is 0 Å². The maximum absolute atomic E-state index is 11.9. The summed E-state index contributed by atoms with van der Waals surface area (Å²) in [5.41, 5.74) is 8.87. The summed E-state index contributed by atoms with van der Waals surface area (Å²) in [7, 11) is 9.06. The highest BCUT2D eigenvalue weighted by molar-refractivity contribution is 6.30. The quantitative estimate of drug-likeness (QED) is 0.0377. The number of phenols is 1. The molecule has 83 heavy (non-hydrogen) atoms. The molecule has 0 saturated heterocycles. The Balaban J connectivity index is -0.000000957. The van der Waals surface area contributed by atoms with Gasteiger partial charge in [0, 0.05) is 35.7 Å². The molecule has 13 nitrogen and oxygen atoms in total. The van der Waals surface area contributed by atoms with Gasteiger partial charge in [-0.25, -0.2) is 0 Å². The van der Waals surface area contributed by atoms with E-state index < -0.39 is 5.54 Å². The number of halogens is 1. The van der Waals surface area contributed by atoms with E-state index in [1.807, 2.05) is 112 Å². The molecular weight excluding hydrogens is 1060 g/mol. The van der Waals surface area contributed by atoms with Crippen LogP contribution < -0.4 is 26.6 Å². The summed E-state index contributed by atoms with van der Waals surface area (Å²) in [6.45, 7) is 10.0. The first kappa shape index (κ1) is 80.4. The first-order chi connectivity index (χ1) is 37.3. The van der Waals surface area contributed by atoms with E-state index >= 15 is 0 Å². The highest BCUT2D eigenvalue weighted by Crippen LogP contribution is 2.35. The first-order valence-corrected chi connectivity index (χ1v) is 26.7. The van der Waals surface area contributed by atoms with Crippen molar-refractivity contribution in [3.8, 4) is 5.75 Å². The lowest BCUT2D eigenvalue weighted by Crippen LogP contribution is -2.46. The number of fused-ring (bicyclic) bond motifs is 1.